The van der Waals surface area contributed by atoms with E-state index in [9.17, 15) is 0 Å². The molecule has 1 saturated heterocycles. The Morgan fingerprint density at radius 1 is 1.06 bits per heavy atom. The third kappa shape index (κ3) is 6.72. The summed E-state index contributed by atoms with van der Waals surface area (Å²) in [5.41, 5.74) is 1.77. The van der Waals surface area contributed by atoms with Crippen molar-refractivity contribution in [2.45, 2.75) is 50.2 Å². The average Bonchev–Trinajstić information content (AvgIpc) is 3.23. The summed E-state index contributed by atoms with van der Waals surface area (Å²) >= 11 is 7.83. The molecule has 4 rings (SSSR count). The third-order valence-electron chi connectivity index (χ3n) is 5.55. The zero-order valence-electron chi connectivity index (χ0n) is 19.8. The molecule has 2 aliphatic rings. The molecule has 2 heterocycles. The van der Waals surface area contributed by atoms with Gasteiger partial charge in [0.25, 0.3) is 5.79 Å². The van der Waals surface area contributed by atoms with E-state index in [-0.39, 0.29) is 0 Å². The normalized spacial score (nSPS) is 19.8. The van der Waals surface area contributed by atoms with Gasteiger partial charge in [-0.25, -0.2) is 4.31 Å². The van der Waals surface area contributed by atoms with Crippen LogP contribution in [0.2, 0.25) is 0 Å². The Labute approximate surface area is 207 Å². The third-order valence-corrected chi connectivity index (χ3v) is 7.02. The molecule has 2 aliphatic heterocycles. The van der Waals surface area contributed by atoms with Crippen LogP contribution in [0.1, 0.15) is 45.1 Å². The average molecular weight is 488 g/mol. The molecular weight excluding hydrogens is 454 g/mol. The summed E-state index contributed by atoms with van der Waals surface area (Å²) in [5, 5.41) is 0. The lowest BCUT2D eigenvalue weighted by atomic mass is 9.98. The number of hydrogen-bond donors (Lipinski definition) is 0. The van der Waals surface area contributed by atoms with Crippen LogP contribution in [0.15, 0.2) is 71.7 Å². The zero-order chi connectivity index (χ0) is 23.7. The molecule has 1 fully saturated rings. The molecule has 1 atom stereocenters. The maximum Gasteiger partial charge on any atom is 0.282 e. The molecule has 0 aliphatic carbocycles. The molecule has 0 spiro atoms. The van der Waals surface area contributed by atoms with Gasteiger partial charge in [0.05, 0.1) is 13.5 Å². The summed E-state index contributed by atoms with van der Waals surface area (Å²) in [6.07, 6.45) is 8.33. The number of rotatable bonds is 7. The largest absolute Gasteiger partial charge is 0.497 e. The van der Waals surface area contributed by atoms with Gasteiger partial charge in [0.15, 0.2) is 11.5 Å². The summed E-state index contributed by atoms with van der Waals surface area (Å²) in [7, 11) is 1.65. The van der Waals surface area contributed by atoms with Crippen LogP contribution in [0.3, 0.4) is 0 Å². The molecule has 6 heteroatoms. The Morgan fingerprint density at radius 2 is 1.73 bits per heavy atom. The van der Waals surface area contributed by atoms with Crippen molar-refractivity contribution in [1.82, 2.24) is 4.31 Å². The molecule has 4 nitrogen and oxygen atoms in total. The Morgan fingerprint density at radius 3 is 2.33 bits per heavy atom. The summed E-state index contributed by atoms with van der Waals surface area (Å²) < 4.78 is 20.5. The van der Waals surface area contributed by atoms with E-state index in [1.54, 1.807) is 19.1 Å². The molecule has 0 N–H and O–H groups in total. The summed E-state index contributed by atoms with van der Waals surface area (Å²) in [5.74, 6) is 1.68. The molecule has 2 aromatic carbocycles. The molecule has 0 radical (unpaired) electrons. The van der Waals surface area contributed by atoms with E-state index in [1.807, 2.05) is 56.3 Å². The number of alkyl halides is 1. The van der Waals surface area contributed by atoms with E-state index < -0.39 is 5.79 Å². The number of fused-ring (bicyclic) bond motifs is 1. The number of halogens is 1. The minimum Gasteiger partial charge on any atom is -0.497 e. The Balaban J connectivity index is 0.000000709. The molecule has 33 heavy (non-hydrogen) atoms. The first-order valence-electron chi connectivity index (χ1n) is 11.4. The number of benzene rings is 2. The minimum absolute atomic E-state index is 0.358. The fraction of sp³-hybridized carbons (Fsp3) is 0.407. The van der Waals surface area contributed by atoms with E-state index in [2.05, 4.69) is 23.0 Å². The summed E-state index contributed by atoms with van der Waals surface area (Å²) in [6.45, 7) is 10.3. The lowest BCUT2D eigenvalue weighted by Crippen LogP contribution is -2.36. The Hall–Kier alpha value is -2.08. The van der Waals surface area contributed by atoms with Crippen LogP contribution in [0, 0.1) is 0 Å². The van der Waals surface area contributed by atoms with Gasteiger partial charge in [-0.15, -0.1) is 11.6 Å². The molecule has 0 amide bonds. The van der Waals surface area contributed by atoms with Crippen molar-refractivity contribution in [1.29, 1.82) is 0 Å². The predicted molar refractivity (Wildman–Crippen MR) is 139 cm³/mol. The first kappa shape index (κ1) is 25.5. The van der Waals surface area contributed by atoms with Gasteiger partial charge in [-0.3, -0.25) is 0 Å². The van der Waals surface area contributed by atoms with Crippen molar-refractivity contribution in [3.63, 3.8) is 0 Å². The second-order valence-corrected chi connectivity index (χ2v) is 9.54. The van der Waals surface area contributed by atoms with E-state index in [0.717, 1.165) is 46.4 Å². The molecular formula is C27H34ClNO3S. The highest BCUT2D eigenvalue weighted by molar-refractivity contribution is 7.97. The van der Waals surface area contributed by atoms with Crippen LogP contribution in [0.5, 0.6) is 17.2 Å². The van der Waals surface area contributed by atoms with Crippen molar-refractivity contribution < 1.29 is 14.2 Å². The second-order valence-electron chi connectivity index (χ2n) is 8.10. The molecule has 0 aromatic heterocycles. The van der Waals surface area contributed by atoms with Crippen molar-refractivity contribution in [2.24, 2.45) is 0 Å². The lowest BCUT2D eigenvalue weighted by molar-refractivity contribution is -0.0852. The van der Waals surface area contributed by atoms with Gasteiger partial charge in [-0.05, 0) is 81.1 Å². The maximum absolute atomic E-state index is 6.44. The van der Waals surface area contributed by atoms with Crippen LogP contribution in [-0.2, 0) is 5.79 Å². The quantitative estimate of drug-likeness (QED) is 0.228. The summed E-state index contributed by atoms with van der Waals surface area (Å²) in [6, 6.07) is 13.9. The predicted octanol–water partition coefficient (Wildman–Crippen LogP) is 7.58. The minimum atomic E-state index is -0.963. The zero-order valence-corrected chi connectivity index (χ0v) is 21.4. The van der Waals surface area contributed by atoms with Crippen molar-refractivity contribution in [3.8, 4) is 17.2 Å². The van der Waals surface area contributed by atoms with Gasteiger partial charge in [-0.2, -0.15) is 0 Å². The van der Waals surface area contributed by atoms with Crippen LogP contribution in [-0.4, -0.2) is 30.4 Å². The molecule has 2 aromatic rings. The highest BCUT2D eigenvalue weighted by Gasteiger charge is 2.44. The highest BCUT2D eigenvalue weighted by Crippen LogP contribution is 2.48. The smallest absolute Gasteiger partial charge is 0.282 e. The first-order chi connectivity index (χ1) is 16.0. The number of allylic oxidation sites excluding steroid dienone is 2. The fourth-order valence-electron chi connectivity index (χ4n) is 3.70. The van der Waals surface area contributed by atoms with Crippen molar-refractivity contribution in [2.75, 3.05) is 26.1 Å². The fourth-order valence-corrected chi connectivity index (χ4v) is 4.83. The molecule has 1 unspecified atom stereocenters. The summed E-state index contributed by atoms with van der Waals surface area (Å²) in [4.78, 5) is 1.16. The van der Waals surface area contributed by atoms with E-state index in [0.29, 0.717) is 12.3 Å². The Kier molecular flexibility index (Phi) is 9.60. The Bertz CT molecular complexity index is 937. The maximum atomic E-state index is 6.44. The lowest BCUT2D eigenvalue weighted by Gasteiger charge is -2.29. The topological polar surface area (TPSA) is 30.9 Å². The number of methoxy groups -OCH3 is 1. The second kappa shape index (κ2) is 12.4. The number of nitrogens with zero attached hydrogens (tertiary/aromatic N) is 1. The van der Waals surface area contributed by atoms with E-state index >= 15 is 0 Å². The molecule has 0 saturated carbocycles. The van der Waals surface area contributed by atoms with Gasteiger partial charge < -0.3 is 14.2 Å². The van der Waals surface area contributed by atoms with E-state index in [1.165, 1.54) is 19.3 Å². The molecule has 178 valence electrons. The van der Waals surface area contributed by atoms with Gasteiger partial charge in [0, 0.05) is 29.4 Å². The van der Waals surface area contributed by atoms with Crippen LogP contribution >= 0.6 is 23.5 Å². The first-order valence-corrected chi connectivity index (χ1v) is 12.7. The van der Waals surface area contributed by atoms with Crippen molar-refractivity contribution >= 4 is 23.5 Å². The van der Waals surface area contributed by atoms with Crippen LogP contribution in [0.25, 0.3) is 0 Å². The van der Waals surface area contributed by atoms with Crippen molar-refractivity contribution in [3.05, 3.63) is 72.3 Å². The highest BCUT2D eigenvalue weighted by atomic mass is 35.5. The van der Waals surface area contributed by atoms with Gasteiger partial charge in [0.1, 0.15) is 5.75 Å². The van der Waals surface area contributed by atoms with Crippen LogP contribution in [0.4, 0.5) is 0 Å². The van der Waals surface area contributed by atoms with Gasteiger partial charge >= 0.3 is 0 Å². The van der Waals surface area contributed by atoms with Gasteiger partial charge in [0.2, 0.25) is 0 Å². The van der Waals surface area contributed by atoms with Crippen LogP contribution < -0.4 is 14.2 Å². The number of piperidine rings is 1. The number of hydrogen-bond acceptors (Lipinski definition) is 5. The standard InChI is InChI=1S/C23H26ClNO3S.C4H8/c1-17(16-24)15-23(18-6-8-19(26-2)9-7-18)27-21-11-10-20(14-22(21)28-23)29-25-12-4-3-5-13-25;1-3-4-2/h6-11,14H,1,3-5,12-13,15-16H2,2H3;3-4H,1-2H3/b;4-3-. The monoisotopic (exact) mass is 487 g/mol. The number of ether oxygens (including phenoxy) is 3. The molecule has 0 bridgehead atoms. The SMILES string of the molecule is C/C=C\C.C=C(CCl)CC1(c2ccc(OC)cc2)Oc2ccc(SN3CCCCC3)cc2O1. The van der Waals surface area contributed by atoms with Gasteiger partial charge in [-0.1, -0.05) is 30.7 Å². The van der Waals surface area contributed by atoms with E-state index in [4.69, 9.17) is 25.8 Å².